The fraction of sp³-hybridized carbons (Fsp3) is 0.333. The predicted octanol–water partition coefficient (Wildman–Crippen LogP) is 5.79. The summed E-state index contributed by atoms with van der Waals surface area (Å²) in [6.07, 6.45) is 9.84. The molecule has 0 saturated heterocycles. The summed E-state index contributed by atoms with van der Waals surface area (Å²) < 4.78 is 33.2. The van der Waals surface area contributed by atoms with Gasteiger partial charge in [-0.3, -0.25) is 4.98 Å². The molecule has 2 heterocycles. The van der Waals surface area contributed by atoms with Gasteiger partial charge in [-0.15, -0.1) is 0 Å². The van der Waals surface area contributed by atoms with Crippen molar-refractivity contribution in [2.45, 2.75) is 63.2 Å². The average molecular weight is 495 g/mol. The van der Waals surface area contributed by atoms with Crippen molar-refractivity contribution in [2.24, 2.45) is 0 Å². The molecule has 0 aliphatic heterocycles. The third-order valence-electron chi connectivity index (χ3n) is 6.16. The van der Waals surface area contributed by atoms with E-state index in [1.165, 1.54) is 50.1 Å². The molecule has 0 saturated carbocycles. The van der Waals surface area contributed by atoms with Crippen LogP contribution in [0.25, 0.3) is 21.8 Å². The van der Waals surface area contributed by atoms with Crippen LogP contribution in [0.2, 0.25) is 0 Å². The van der Waals surface area contributed by atoms with Crippen molar-refractivity contribution in [1.82, 2.24) is 4.98 Å². The molecule has 0 fully saturated rings. The predicted molar refractivity (Wildman–Crippen MR) is 136 cm³/mol. The second kappa shape index (κ2) is 10.9. The number of aromatic nitrogens is 2. The fourth-order valence-corrected chi connectivity index (χ4v) is 5.45. The van der Waals surface area contributed by atoms with E-state index in [0.29, 0.717) is 23.0 Å². The molecule has 4 rings (SSSR count). The van der Waals surface area contributed by atoms with Gasteiger partial charge in [0.25, 0.3) is 0 Å². The summed E-state index contributed by atoms with van der Waals surface area (Å²) in [5, 5.41) is 23.8. The quantitative estimate of drug-likeness (QED) is 0.123. The van der Waals surface area contributed by atoms with Crippen LogP contribution >= 0.6 is 0 Å². The standard InChI is InChI=1S/C27H30N2O5S/c1-2-3-4-5-6-7-8-12-20-19-25(21-13-9-10-15-23(21)29(20)31)34-35(32,33)26-17-16-24(30)27-22(26)14-11-18-28-27/h9-11,13-19,30H,2-8,12H2,1H3. The highest BCUT2D eigenvalue weighted by atomic mass is 32.2. The van der Waals surface area contributed by atoms with Crippen LogP contribution < -0.4 is 8.91 Å². The van der Waals surface area contributed by atoms with Crippen LogP contribution in [-0.4, -0.2) is 18.5 Å². The van der Waals surface area contributed by atoms with E-state index in [9.17, 15) is 18.7 Å². The Morgan fingerprint density at radius 3 is 2.46 bits per heavy atom. The van der Waals surface area contributed by atoms with Crippen molar-refractivity contribution < 1.29 is 22.4 Å². The van der Waals surface area contributed by atoms with Gasteiger partial charge in [0.05, 0.1) is 11.5 Å². The lowest BCUT2D eigenvalue weighted by Gasteiger charge is -2.14. The van der Waals surface area contributed by atoms with Gasteiger partial charge >= 0.3 is 10.1 Å². The van der Waals surface area contributed by atoms with E-state index in [4.69, 9.17) is 4.18 Å². The SMILES string of the molecule is CCCCCCCCCc1cc(OS(=O)(=O)c2ccc(O)c3ncccc23)c2ccccc2[n+]1[O-]. The van der Waals surface area contributed by atoms with E-state index in [1.807, 2.05) is 0 Å². The Balaban J connectivity index is 1.64. The molecule has 7 nitrogen and oxygen atoms in total. The van der Waals surface area contributed by atoms with Gasteiger partial charge in [0.1, 0.15) is 16.2 Å². The van der Waals surface area contributed by atoms with Gasteiger partial charge in [-0.1, -0.05) is 57.6 Å². The number of hydrogen-bond donors (Lipinski definition) is 1. The molecule has 0 amide bonds. The second-order valence-electron chi connectivity index (χ2n) is 8.70. The third kappa shape index (κ3) is 5.48. The van der Waals surface area contributed by atoms with Crippen molar-refractivity contribution in [3.8, 4) is 11.5 Å². The van der Waals surface area contributed by atoms with Crippen LogP contribution in [0, 0.1) is 5.21 Å². The number of aromatic hydroxyl groups is 1. The zero-order valence-corrected chi connectivity index (χ0v) is 20.6. The molecule has 1 N–H and O–H groups in total. The molecule has 0 aliphatic carbocycles. The Labute approximate surface area is 205 Å². The highest BCUT2D eigenvalue weighted by Crippen LogP contribution is 2.32. The number of fused-ring (bicyclic) bond motifs is 2. The lowest BCUT2D eigenvalue weighted by Crippen LogP contribution is -2.33. The Hall–Kier alpha value is -3.39. The van der Waals surface area contributed by atoms with E-state index in [1.54, 1.807) is 36.4 Å². The molecule has 0 unspecified atom stereocenters. The average Bonchev–Trinajstić information content (AvgIpc) is 2.86. The number of phenolic OH excluding ortho intramolecular Hbond substituents is 1. The van der Waals surface area contributed by atoms with Gasteiger partial charge in [-0.25, -0.2) is 0 Å². The molecule has 4 aromatic rings. The van der Waals surface area contributed by atoms with Crippen LogP contribution in [0.15, 0.2) is 65.7 Å². The molecule has 35 heavy (non-hydrogen) atoms. The lowest BCUT2D eigenvalue weighted by molar-refractivity contribution is -0.586. The summed E-state index contributed by atoms with van der Waals surface area (Å²) in [5.41, 5.74) is 1.00. The van der Waals surface area contributed by atoms with Gasteiger partial charge in [0.15, 0.2) is 11.4 Å². The molecular formula is C27H30N2O5S. The second-order valence-corrected chi connectivity index (χ2v) is 10.2. The molecule has 184 valence electrons. The molecule has 0 radical (unpaired) electrons. The summed E-state index contributed by atoms with van der Waals surface area (Å²) in [6, 6.07) is 14.1. The number of para-hydroxylation sites is 1. The molecule has 8 heteroatoms. The number of pyridine rings is 2. The Kier molecular flexibility index (Phi) is 7.70. The van der Waals surface area contributed by atoms with Crippen molar-refractivity contribution in [2.75, 3.05) is 0 Å². The first-order valence-electron chi connectivity index (χ1n) is 12.1. The minimum Gasteiger partial charge on any atom is -0.618 e. The summed E-state index contributed by atoms with van der Waals surface area (Å²) in [5.74, 6) is -0.00940. The molecule has 0 bridgehead atoms. The number of phenols is 1. The first kappa shape index (κ1) is 24.7. The normalized spacial score (nSPS) is 11.8. The summed E-state index contributed by atoms with van der Waals surface area (Å²) >= 11 is 0. The van der Waals surface area contributed by atoms with E-state index >= 15 is 0 Å². The van der Waals surface area contributed by atoms with Gasteiger partial charge in [0, 0.05) is 24.1 Å². The van der Waals surface area contributed by atoms with E-state index in [-0.39, 0.29) is 27.3 Å². The highest BCUT2D eigenvalue weighted by molar-refractivity contribution is 7.87. The van der Waals surface area contributed by atoms with Crippen LogP contribution in [-0.2, 0) is 16.5 Å². The van der Waals surface area contributed by atoms with Gasteiger partial charge in [-0.2, -0.15) is 13.1 Å². The zero-order valence-electron chi connectivity index (χ0n) is 19.8. The molecule has 0 aliphatic rings. The maximum Gasteiger partial charge on any atom is 0.339 e. The van der Waals surface area contributed by atoms with E-state index in [2.05, 4.69) is 11.9 Å². The Bertz CT molecular complexity index is 1440. The molecule has 0 atom stereocenters. The van der Waals surface area contributed by atoms with Gasteiger partial charge in [0.2, 0.25) is 5.52 Å². The van der Waals surface area contributed by atoms with Crippen LogP contribution in [0.5, 0.6) is 11.5 Å². The van der Waals surface area contributed by atoms with Crippen LogP contribution in [0.4, 0.5) is 0 Å². The van der Waals surface area contributed by atoms with Gasteiger partial charge < -0.3 is 14.5 Å². The number of aryl methyl sites for hydroxylation is 1. The summed E-state index contributed by atoms with van der Waals surface area (Å²) in [4.78, 5) is 3.99. The first-order valence-corrected chi connectivity index (χ1v) is 13.5. The maximum absolute atomic E-state index is 13.3. The monoisotopic (exact) mass is 494 g/mol. The summed E-state index contributed by atoms with van der Waals surface area (Å²) in [6.45, 7) is 2.19. The minimum atomic E-state index is -4.28. The number of benzene rings is 2. The fourth-order valence-electron chi connectivity index (χ4n) is 4.32. The summed E-state index contributed by atoms with van der Waals surface area (Å²) in [7, 11) is -4.28. The topological polar surface area (TPSA) is 103 Å². The number of rotatable bonds is 11. The van der Waals surface area contributed by atoms with Crippen molar-refractivity contribution >= 4 is 31.9 Å². The van der Waals surface area contributed by atoms with Crippen molar-refractivity contribution in [3.05, 3.63) is 71.7 Å². The Morgan fingerprint density at radius 1 is 0.943 bits per heavy atom. The maximum atomic E-state index is 13.3. The molecule has 0 spiro atoms. The largest absolute Gasteiger partial charge is 0.618 e. The smallest absolute Gasteiger partial charge is 0.339 e. The molecule has 2 aromatic heterocycles. The van der Waals surface area contributed by atoms with Crippen molar-refractivity contribution in [3.63, 3.8) is 0 Å². The Morgan fingerprint density at radius 2 is 1.66 bits per heavy atom. The van der Waals surface area contributed by atoms with Crippen molar-refractivity contribution in [1.29, 1.82) is 0 Å². The lowest BCUT2D eigenvalue weighted by atomic mass is 10.1. The van der Waals surface area contributed by atoms with E-state index in [0.717, 1.165) is 24.0 Å². The molecule has 2 aromatic carbocycles. The first-order chi connectivity index (χ1) is 16.9. The van der Waals surface area contributed by atoms with Crippen LogP contribution in [0.1, 0.15) is 57.6 Å². The zero-order chi connectivity index (χ0) is 24.8. The van der Waals surface area contributed by atoms with Crippen LogP contribution in [0.3, 0.4) is 0 Å². The van der Waals surface area contributed by atoms with Gasteiger partial charge in [-0.05, 0) is 36.8 Å². The number of nitrogens with zero attached hydrogens (tertiary/aromatic N) is 2. The number of unbranched alkanes of at least 4 members (excludes halogenated alkanes) is 6. The minimum absolute atomic E-state index is 0.102. The third-order valence-corrected chi connectivity index (χ3v) is 7.45. The highest BCUT2D eigenvalue weighted by Gasteiger charge is 2.25. The molecular weight excluding hydrogens is 464 g/mol. The van der Waals surface area contributed by atoms with E-state index < -0.39 is 10.1 Å². The number of hydrogen-bond acceptors (Lipinski definition) is 6.